The highest BCUT2D eigenvalue weighted by Gasteiger charge is 2.21. The second-order valence-electron chi connectivity index (χ2n) is 5.57. The third-order valence-electron chi connectivity index (χ3n) is 3.51. The van der Waals surface area contributed by atoms with Crippen LogP contribution >= 0.6 is 11.8 Å². The minimum Gasteiger partial charge on any atom is -0.314 e. The number of unbranched alkanes of at least 4 members (excludes halogenated alkanes) is 2. The lowest BCUT2D eigenvalue weighted by atomic mass is 10.1. The fourth-order valence-corrected chi connectivity index (χ4v) is 2.94. The molecule has 102 valence electrons. The van der Waals surface area contributed by atoms with Gasteiger partial charge in [-0.3, -0.25) is 0 Å². The van der Waals surface area contributed by atoms with Gasteiger partial charge in [-0.05, 0) is 56.8 Å². The van der Waals surface area contributed by atoms with Gasteiger partial charge in [0.1, 0.15) is 0 Å². The van der Waals surface area contributed by atoms with Gasteiger partial charge in [0.25, 0.3) is 0 Å². The second-order valence-corrected chi connectivity index (χ2v) is 6.56. The number of nitrogens with one attached hydrogen (secondary N) is 1. The van der Waals surface area contributed by atoms with E-state index >= 15 is 0 Å². The van der Waals surface area contributed by atoms with Crippen LogP contribution in [-0.4, -0.2) is 49.1 Å². The summed E-state index contributed by atoms with van der Waals surface area (Å²) < 4.78 is 0. The van der Waals surface area contributed by atoms with Gasteiger partial charge in [0, 0.05) is 12.6 Å². The van der Waals surface area contributed by atoms with Crippen molar-refractivity contribution in [2.24, 2.45) is 5.92 Å². The number of rotatable bonds is 9. The Balaban J connectivity index is 1.97. The van der Waals surface area contributed by atoms with E-state index in [1.807, 2.05) is 11.8 Å². The molecule has 1 N–H and O–H groups in total. The highest BCUT2D eigenvalue weighted by Crippen LogP contribution is 2.16. The zero-order valence-electron chi connectivity index (χ0n) is 11.9. The van der Waals surface area contributed by atoms with Gasteiger partial charge in [0.05, 0.1) is 0 Å². The quantitative estimate of drug-likeness (QED) is 0.640. The molecule has 0 bridgehead atoms. The van der Waals surface area contributed by atoms with E-state index in [9.17, 15) is 0 Å². The molecule has 0 aromatic rings. The summed E-state index contributed by atoms with van der Waals surface area (Å²) in [7, 11) is 0. The van der Waals surface area contributed by atoms with Crippen LogP contribution in [0.4, 0.5) is 0 Å². The molecule has 2 nitrogen and oxygen atoms in total. The van der Waals surface area contributed by atoms with Gasteiger partial charge in [-0.25, -0.2) is 0 Å². The summed E-state index contributed by atoms with van der Waals surface area (Å²) >= 11 is 1.97. The van der Waals surface area contributed by atoms with Crippen molar-refractivity contribution in [3.05, 3.63) is 0 Å². The smallest absolute Gasteiger partial charge is 0.00223 e. The summed E-state index contributed by atoms with van der Waals surface area (Å²) in [5.74, 6) is 2.23. The van der Waals surface area contributed by atoms with Crippen LogP contribution in [0.15, 0.2) is 0 Å². The number of thioether (sulfide) groups is 1. The van der Waals surface area contributed by atoms with E-state index in [0.29, 0.717) is 6.04 Å². The molecule has 1 unspecified atom stereocenters. The average molecular weight is 258 g/mol. The molecule has 1 heterocycles. The van der Waals surface area contributed by atoms with E-state index in [4.69, 9.17) is 0 Å². The lowest BCUT2D eigenvalue weighted by molar-refractivity contribution is 0.312. The van der Waals surface area contributed by atoms with E-state index in [0.717, 1.165) is 5.92 Å². The van der Waals surface area contributed by atoms with Crippen LogP contribution in [0.1, 0.15) is 39.5 Å². The molecule has 0 amide bonds. The highest BCUT2D eigenvalue weighted by atomic mass is 32.2. The monoisotopic (exact) mass is 258 g/mol. The number of likely N-dealkylation sites (tertiary alicyclic amines) is 1. The Morgan fingerprint density at radius 2 is 2.12 bits per heavy atom. The Morgan fingerprint density at radius 1 is 1.29 bits per heavy atom. The maximum atomic E-state index is 3.56. The van der Waals surface area contributed by atoms with Crippen molar-refractivity contribution in [3.8, 4) is 0 Å². The summed E-state index contributed by atoms with van der Waals surface area (Å²) in [5, 5.41) is 3.56. The zero-order valence-corrected chi connectivity index (χ0v) is 12.7. The zero-order chi connectivity index (χ0) is 12.5. The Hall–Kier alpha value is 0.270. The van der Waals surface area contributed by atoms with Crippen LogP contribution < -0.4 is 5.32 Å². The molecule has 1 saturated heterocycles. The number of hydrogen-bond acceptors (Lipinski definition) is 3. The number of nitrogens with zero attached hydrogens (tertiary/aromatic N) is 1. The third-order valence-corrected chi connectivity index (χ3v) is 4.20. The number of hydrogen-bond donors (Lipinski definition) is 1. The normalized spacial score (nSPS) is 21.5. The van der Waals surface area contributed by atoms with Gasteiger partial charge in [0.2, 0.25) is 0 Å². The molecule has 1 aliphatic rings. The van der Waals surface area contributed by atoms with Crippen LogP contribution in [0.5, 0.6) is 0 Å². The average Bonchev–Trinajstić information content (AvgIpc) is 2.74. The predicted molar refractivity (Wildman–Crippen MR) is 79.9 cm³/mol. The molecule has 1 rings (SSSR count). The van der Waals surface area contributed by atoms with Gasteiger partial charge in [-0.1, -0.05) is 20.3 Å². The summed E-state index contributed by atoms with van der Waals surface area (Å²) in [6.07, 6.45) is 7.79. The highest BCUT2D eigenvalue weighted by molar-refractivity contribution is 7.98. The van der Waals surface area contributed by atoms with Gasteiger partial charge in [-0.2, -0.15) is 11.8 Å². The summed E-state index contributed by atoms with van der Waals surface area (Å²) in [6.45, 7) is 9.65. The molecule has 17 heavy (non-hydrogen) atoms. The van der Waals surface area contributed by atoms with E-state index in [1.165, 1.54) is 57.6 Å². The molecule has 0 radical (unpaired) electrons. The summed E-state index contributed by atoms with van der Waals surface area (Å²) in [4.78, 5) is 2.66. The minimum absolute atomic E-state index is 0.635. The van der Waals surface area contributed by atoms with Crippen molar-refractivity contribution in [1.82, 2.24) is 10.2 Å². The van der Waals surface area contributed by atoms with E-state index < -0.39 is 0 Å². The van der Waals surface area contributed by atoms with Crippen LogP contribution in [0, 0.1) is 5.92 Å². The SMILES string of the molecule is CSCCCCCN1CCC(CNC(C)C)C1. The Labute approximate surface area is 112 Å². The van der Waals surface area contributed by atoms with E-state index in [1.54, 1.807) is 0 Å². The first-order valence-electron chi connectivity index (χ1n) is 7.17. The van der Waals surface area contributed by atoms with Gasteiger partial charge in [-0.15, -0.1) is 0 Å². The van der Waals surface area contributed by atoms with Crippen LogP contribution in [0.3, 0.4) is 0 Å². The maximum Gasteiger partial charge on any atom is 0.00223 e. The van der Waals surface area contributed by atoms with E-state index in [-0.39, 0.29) is 0 Å². The molecule has 3 heteroatoms. The minimum atomic E-state index is 0.635. The Morgan fingerprint density at radius 3 is 2.82 bits per heavy atom. The van der Waals surface area contributed by atoms with Crippen molar-refractivity contribution in [2.75, 3.05) is 38.2 Å². The topological polar surface area (TPSA) is 15.3 Å². The molecule has 0 aliphatic carbocycles. The van der Waals surface area contributed by atoms with Crippen LogP contribution in [0.2, 0.25) is 0 Å². The van der Waals surface area contributed by atoms with Gasteiger partial charge < -0.3 is 10.2 Å². The Kier molecular flexibility index (Phi) is 8.33. The van der Waals surface area contributed by atoms with E-state index in [2.05, 4.69) is 30.3 Å². The molecule has 0 saturated carbocycles. The second kappa shape index (κ2) is 9.23. The summed E-state index contributed by atoms with van der Waals surface area (Å²) in [6, 6.07) is 0.635. The lowest BCUT2D eigenvalue weighted by Crippen LogP contribution is -2.31. The van der Waals surface area contributed by atoms with Crippen molar-refractivity contribution in [3.63, 3.8) is 0 Å². The molecular weight excluding hydrogens is 228 g/mol. The Bertz CT molecular complexity index is 185. The standard InChI is InChI=1S/C14H30N2S/c1-13(2)15-11-14-7-9-16(12-14)8-5-4-6-10-17-3/h13-15H,4-12H2,1-3H3. The summed E-state index contributed by atoms with van der Waals surface area (Å²) in [5.41, 5.74) is 0. The third kappa shape index (κ3) is 7.32. The van der Waals surface area contributed by atoms with Crippen molar-refractivity contribution < 1.29 is 0 Å². The molecule has 1 atom stereocenters. The maximum absolute atomic E-state index is 3.56. The van der Waals surface area contributed by atoms with Crippen LogP contribution in [-0.2, 0) is 0 Å². The van der Waals surface area contributed by atoms with Gasteiger partial charge >= 0.3 is 0 Å². The first-order valence-corrected chi connectivity index (χ1v) is 8.56. The molecule has 0 spiro atoms. The first kappa shape index (κ1) is 15.3. The van der Waals surface area contributed by atoms with Crippen LogP contribution in [0.25, 0.3) is 0 Å². The van der Waals surface area contributed by atoms with Crippen molar-refractivity contribution in [2.45, 2.75) is 45.6 Å². The van der Waals surface area contributed by atoms with Gasteiger partial charge in [0.15, 0.2) is 0 Å². The predicted octanol–water partition coefficient (Wildman–Crippen LogP) is 2.84. The lowest BCUT2D eigenvalue weighted by Gasteiger charge is -2.17. The van der Waals surface area contributed by atoms with Crippen molar-refractivity contribution in [1.29, 1.82) is 0 Å². The molecule has 0 aromatic carbocycles. The fourth-order valence-electron chi connectivity index (χ4n) is 2.44. The molecule has 1 fully saturated rings. The molecule has 1 aliphatic heterocycles. The largest absolute Gasteiger partial charge is 0.314 e. The van der Waals surface area contributed by atoms with Crippen molar-refractivity contribution >= 4 is 11.8 Å². The molecular formula is C14H30N2S. The fraction of sp³-hybridized carbons (Fsp3) is 1.00. The first-order chi connectivity index (χ1) is 8.22. The molecule has 0 aromatic heterocycles.